The van der Waals surface area contributed by atoms with Crippen molar-refractivity contribution in [2.75, 3.05) is 27.3 Å². The van der Waals surface area contributed by atoms with Gasteiger partial charge in [-0.3, -0.25) is 4.79 Å². The molecule has 0 saturated carbocycles. The number of hydrogen-bond donors (Lipinski definition) is 1. The highest BCUT2D eigenvalue weighted by Crippen LogP contribution is 2.31. The molecule has 2 rings (SSSR count). The number of amides is 1. The Morgan fingerprint density at radius 1 is 1.26 bits per heavy atom. The summed E-state index contributed by atoms with van der Waals surface area (Å²) in [7, 11) is 3.10. The molecular formula is C14H20N2O3. The fourth-order valence-electron chi connectivity index (χ4n) is 2.33. The smallest absolute Gasteiger partial charge is 0.257 e. The van der Waals surface area contributed by atoms with Crippen molar-refractivity contribution >= 4 is 5.91 Å². The minimum absolute atomic E-state index is 0.0253. The third-order valence-electron chi connectivity index (χ3n) is 3.46. The average Bonchev–Trinajstić information content (AvgIpc) is 2.46. The fraction of sp³-hybridized carbons (Fsp3) is 0.500. The minimum atomic E-state index is -0.0253. The second kappa shape index (κ2) is 5.93. The molecule has 5 nitrogen and oxygen atoms in total. The predicted molar refractivity (Wildman–Crippen MR) is 72.7 cm³/mol. The zero-order valence-electron chi connectivity index (χ0n) is 11.4. The van der Waals surface area contributed by atoms with Crippen LogP contribution in [-0.2, 0) is 0 Å². The maximum atomic E-state index is 12.5. The predicted octanol–water partition coefficient (Wildman–Crippen LogP) is 1.27. The first-order valence-electron chi connectivity index (χ1n) is 6.43. The van der Waals surface area contributed by atoms with Gasteiger partial charge in [-0.15, -0.1) is 0 Å². The molecule has 5 heteroatoms. The van der Waals surface area contributed by atoms with E-state index in [0.29, 0.717) is 30.2 Å². The number of hydrogen-bond acceptors (Lipinski definition) is 4. The second-order valence-electron chi connectivity index (χ2n) is 4.67. The molecule has 104 valence electrons. The Bertz CT molecular complexity index is 454. The average molecular weight is 264 g/mol. The highest BCUT2D eigenvalue weighted by Gasteiger charge is 2.25. The molecule has 1 aliphatic rings. The highest BCUT2D eigenvalue weighted by molar-refractivity contribution is 5.97. The fourth-order valence-corrected chi connectivity index (χ4v) is 2.33. The number of ether oxygens (including phenoxy) is 2. The third-order valence-corrected chi connectivity index (χ3v) is 3.46. The SMILES string of the molecule is COc1cccc(C(=O)N2CCC(N)CC2)c1OC. The van der Waals surface area contributed by atoms with Gasteiger partial charge in [0.25, 0.3) is 5.91 Å². The van der Waals surface area contributed by atoms with E-state index >= 15 is 0 Å². The van der Waals surface area contributed by atoms with Crippen molar-refractivity contribution in [3.63, 3.8) is 0 Å². The largest absolute Gasteiger partial charge is 0.493 e. The summed E-state index contributed by atoms with van der Waals surface area (Å²) in [6.07, 6.45) is 1.69. The summed E-state index contributed by atoms with van der Waals surface area (Å²) in [5.41, 5.74) is 6.39. The van der Waals surface area contributed by atoms with E-state index in [1.54, 1.807) is 32.4 Å². The van der Waals surface area contributed by atoms with E-state index in [4.69, 9.17) is 15.2 Å². The molecule has 1 aliphatic heterocycles. The van der Waals surface area contributed by atoms with Crippen LogP contribution in [0.4, 0.5) is 0 Å². The first-order chi connectivity index (χ1) is 9.17. The molecule has 1 saturated heterocycles. The monoisotopic (exact) mass is 264 g/mol. The van der Waals surface area contributed by atoms with Gasteiger partial charge in [-0.25, -0.2) is 0 Å². The zero-order valence-corrected chi connectivity index (χ0v) is 11.4. The van der Waals surface area contributed by atoms with Crippen molar-refractivity contribution in [1.82, 2.24) is 4.90 Å². The van der Waals surface area contributed by atoms with Crippen LogP contribution in [0.2, 0.25) is 0 Å². The van der Waals surface area contributed by atoms with Gasteiger partial charge < -0.3 is 20.1 Å². The van der Waals surface area contributed by atoms with Crippen molar-refractivity contribution in [2.24, 2.45) is 5.73 Å². The second-order valence-corrected chi connectivity index (χ2v) is 4.67. The van der Waals surface area contributed by atoms with Crippen LogP contribution in [0.5, 0.6) is 11.5 Å². The van der Waals surface area contributed by atoms with Crippen LogP contribution in [0.1, 0.15) is 23.2 Å². The molecule has 0 aromatic heterocycles. The lowest BCUT2D eigenvalue weighted by Crippen LogP contribution is -2.42. The van der Waals surface area contributed by atoms with Gasteiger partial charge in [0.05, 0.1) is 19.8 Å². The number of rotatable bonds is 3. The first kappa shape index (κ1) is 13.7. The van der Waals surface area contributed by atoms with E-state index < -0.39 is 0 Å². The van der Waals surface area contributed by atoms with Crippen molar-refractivity contribution < 1.29 is 14.3 Å². The van der Waals surface area contributed by atoms with E-state index in [1.165, 1.54) is 0 Å². The summed E-state index contributed by atoms with van der Waals surface area (Å²) in [5, 5.41) is 0. The van der Waals surface area contributed by atoms with Gasteiger partial charge in [-0.1, -0.05) is 6.07 Å². The van der Waals surface area contributed by atoms with E-state index in [9.17, 15) is 4.79 Å². The Morgan fingerprint density at radius 3 is 2.53 bits per heavy atom. The Hall–Kier alpha value is -1.75. The molecule has 19 heavy (non-hydrogen) atoms. The minimum Gasteiger partial charge on any atom is -0.493 e. The van der Waals surface area contributed by atoms with Crippen LogP contribution in [0, 0.1) is 0 Å². The standard InChI is InChI=1S/C14H20N2O3/c1-18-12-5-3-4-11(13(12)19-2)14(17)16-8-6-10(15)7-9-16/h3-5,10H,6-9,15H2,1-2H3. The lowest BCUT2D eigenvalue weighted by molar-refractivity contribution is 0.0710. The zero-order chi connectivity index (χ0) is 13.8. The number of nitrogens with zero attached hydrogens (tertiary/aromatic N) is 1. The third kappa shape index (κ3) is 2.81. The van der Waals surface area contributed by atoms with Crippen LogP contribution in [0.25, 0.3) is 0 Å². The molecular weight excluding hydrogens is 244 g/mol. The Labute approximate surface area is 113 Å². The molecule has 0 atom stereocenters. The molecule has 0 bridgehead atoms. The molecule has 0 spiro atoms. The molecule has 0 aliphatic carbocycles. The van der Waals surface area contributed by atoms with Crippen molar-refractivity contribution in [3.8, 4) is 11.5 Å². The van der Waals surface area contributed by atoms with Gasteiger partial charge in [0, 0.05) is 19.1 Å². The molecule has 0 unspecified atom stereocenters. The van der Waals surface area contributed by atoms with Gasteiger partial charge in [-0.05, 0) is 25.0 Å². The summed E-state index contributed by atoms with van der Waals surface area (Å²) < 4.78 is 10.5. The van der Waals surface area contributed by atoms with Crippen molar-refractivity contribution in [3.05, 3.63) is 23.8 Å². The Balaban J connectivity index is 2.23. The van der Waals surface area contributed by atoms with Crippen LogP contribution in [0.3, 0.4) is 0 Å². The quantitative estimate of drug-likeness (QED) is 0.893. The number of benzene rings is 1. The van der Waals surface area contributed by atoms with Crippen LogP contribution in [-0.4, -0.2) is 44.2 Å². The number of carbonyl (C=O) groups excluding carboxylic acids is 1. The maximum Gasteiger partial charge on any atom is 0.257 e. The first-order valence-corrected chi connectivity index (χ1v) is 6.43. The molecule has 1 aromatic rings. The number of para-hydroxylation sites is 1. The Morgan fingerprint density at radius 2 is 1.95 bits per heavy atom. The van der Waals surface area contributed by atoms with Crippen LogP contribution < -0.4 is 15.2 Å². The summed E-state index contributed by atoms with van der Waals surface area (Å²) in [6, 6.07) is 5.54. The van der Waals surface area contributed by atoms with Gasteiger partial charge in [-0.2, -0.15) is 0 Å². The van der Waals surface area contributed by atoms with Gasteiger partial charge >= 0.3 is 0 Å². The number of carbonyl (C=O) groups is 1. The number of piperidine rings is 1. The van der Waals surface area contributed by atoms with E-state index in [1.807, 2.05) is 4.90 Å². The van der Waals surface area contributed by atoms with Gasteiger partial charge in [0.15, 0.2) is 11.5 Å². The van der Waals surface area contributed by atoms with Gasteiger partial charge in [0.1, 0.15) is 0 Å². The van der Waals surface area contributed by atoms with Gasteiger partial charge in [0.2, 0.25) is 0 Å². The van der Waals surface area contributed by atoms with Crippen molar-refractivity contribution in [2.45, 2.75) is 18.9 Å². The van der Waals surface area contributed by atoms with E-state index in [2.05, 4.69) is 0 Å². The van der Waals surface area contributed by atoms with Crippen LogP contribution >= 0.6 is 0 Å². The van der Waals surface area contributed by atoms with E-state index in [-0.39, 0.29) is 11.9 Å². The summed E-state index contributed by atoms with van der Waals surface area (Å²) >= 11 is 0. The van der Waals surface area contributed by atoms with E-state index in [0.717, 1.165) is 12.8 Å². The number of methoxy groups -OCH3 is 2. The highest BCUT2D eigenvalue weighted by atomic mass is 16.5. The summed E-state index contributed by atoms with van der Waals surface area (Å²) in [4.78, 5) is 14.3. The molecule has 0 radical (unpaired) electrons. The molecule has 2 N–H and O–H groups in total. The lowest BCUT2D eigenvalue weighted by atomic mass is 10.0. The Kier molecular flexibility index (Phi) is 4.27. The molecule has 1 aromatic carbocycles. The summed E-state index contributed by atoms with van der Waals surface area (Å²) in [5.74, 6) is 1.04. The topological polar surface area (TPSA) is 64.8 Å². The number of likely N-dealkylation sites (tertiary alicyclic amines) is 1. The number of nitrogens with two attached hydrogens (primary N) is 1. The molecule has 1 heterocycles. The van der Waals surface area contributed by atoms with Crippen LogP contribution in [0.15, 0.2) is 18.2 Å². The normalized spacial score (nSPS) is 16.3. The molecule has 1 fully saturated rings. The van der Waals surface area contributed by atoms with Crippen molar-refractivity contribution in [1.29, 1.82) is 0 Å². The maximum absolute atomic E-state index is 12.5. The molecule has 1 amide bonds. The summed E-state index contributed by atoms with van der Waals surface area (Å²) in [6.45, 7) is 1.39. The lowest BCUT2D eigenvalue weighted by Gasteiger charge is -2.30.